The Balaban J connectivity index is 2.28. The van der Waals surface area contributed by atoms with Crippen molar-refractivity contribution in [2.75, 3.05) is 13.2 Å². The predicted molar refractivity (Wildman–Crippen MR) is 67.9 cm³/mol. The van der Waals surface area contributed by atoms with Crippen LogP contribution in [0.3, 0.4) is 0 Å². The third kappa shape index (κ3) is 5.15. The maximum atomic E-state index is 11.2. The summed E-state index contributed by atoms with van der Waals surface area (Å²) in [6.07, 6.45) is 0.875. The van der Waals surface area contributed by atoms with Crippen LogP contribution in [0.25, 0.3) is 0 Å². The number of hydrogen-bond acceptors (Lipinski definition) is 4. The molecule has 0 aliphatic carbocycles. The predicted octanol–water partition coefficient (Wildman–Crippen LogP) is 1.76. The van der Waals surface area contributed by atoms with Crippen LogP contribution in [0.1, 0.15) is 19.4 Å². The minimum atomic E-state index is -0.375. The summed E-state index contributed by atoms with van der Waals surface area (Å²) in [5.41, 5.74) is 4.45. The molecular weight excluding hydrogens is 216 g/mol. The number of rotatable bonds is 6. The van der Waals surface area contributed by atoms with E-state index in [2.05, 4.69) is 22.7 Å². The highest BCUT2D eigenvalue weighted by atomic mass is 16.5. The molecule has 1 aromatic rings. The first-order chi connectivity index (χ1) is 8.24. The second kappa shape index (κ2) is 7.44. The number of nitrogens with one attached hydrogen (secondary N) is 1. The second-order valence-corrected chi connectivity index (χ2v) is 3.56. The van der Waals surface area contributed by atoms with Crippen LogP contribution in [-0.2, 0) is 16.0 Å². The maximum absolute atomic E-state index is 11.2. The van der Waals surface area contributed by atoms with Gasteiger partial charge >= 0.3 is 5.97 Å². The third-order valence-electron chi connectivity index (χ3n) is 2.19. The molecule has 0 unspecified atom stereocenters. The number of nitrogens with zero attached hydrogens (tertiary/aromatic N) is 1. The van der Waals surface area contributed by atoms with Gasteiger partial charge in [0, 0.05) is 6.54 Å². The van der Waals surface area contributed by atoms with Crippen LogP contribution in [-0.4, -0.2) is 24.8 Å². The van der Waals surface area contributed by atoms with Crippen LogP contribution >= 0.6 is 0 Å². The second-order valence-electron chi connectivity index (χ2n) is 3.56. The molecule has 0 aliphatic heterocycles. The van der Waals surface area contributed by atoms with Crippen LogP contribution in [0.5, 0.6) is 0 Å². The lowest BCUT2D eigenvalue weighted by Gasteiger charge is -2.03. The molecule has 0 aromatic heterocycles. The standard InChI is InChI=1S/C13H18N2O2/c1-3-17-13(16)11(2)15-14-10-9-12-7-5-4-6-8-12/h4-8,14H,3,9-10H2,1-2H3/b15-11+. The lowest BCUT2D eigenvalue weighted by molar-refractivity contribution is -0.135. The van der Waals surface area contributed by atoms with E-state index in [-0.39, 0.29) is 5.97 Å². The summed E-state index contributed by atoms with van der Waals surface area (Å²) in [4.78, 5) is 11.2. The molecule has 0 fully saturated rings. The van der Waals surface area contributed by atoms with E-state index >= 15 is 0 Å². The minimum Gasteiger partial charge on any atom is -0.461 e. The largest absolute Gasteiger partial charge is 0.461 e. The van der Waals surface area contributed by atoms with Gasteiger partial charge in [-0.15, -0.1) is 0 Å². The quantitative estimate of drug-likeness (QED) is 0.353. The van der Waals surface area contributed by atoms with Crippen molar-refractivity contribution in [2.45, 2.75) is 20.3 Å². The Labute approximate surface area is 102 Å². The molecule has 4 nitrogen and oxygen atoms in total. The average molecular weight is 234 g/mol. The molecule has 0 atom stereocenters. The highest BCUT2D eigenvalue weighted by Crippen LogP contribution is 1.97. The Morgan fingerprint density at radius 2 is 2.06 bits per heavy atom. The van der Waals surface area contributed by atoms with E-state index in [1.807, 2.05) is 18.2 Å². The van der Waals surface area contributed by atoms with Crippen LogP contribution < -0.4 is 5.43 Å². The van der Waals surface area contributed by atoms with Gasteiger partial charge in [-0.3, -0.25) is 0 Å². The van der Waals surface area contributed by atoms with Crippen molar-refractivity contribution in [3.63, 3.8) is 0 Å². The molecule has 92 valence electrons. The van der Waals surface area contributed by atoms with Crippen LogP contribution in [0, 0.1) is 0 Å². The summed E-state index contributed by atoms with van der Waals surface area (Å²) < 4.78 is 4.81. The lowest BCUT2D eigenvalue weighted by Crippen LogP contribution is -2.19. The first-order valence-corrected chi connectivity index (χ1v) is 5.72. The van der Waals surface area contributed by atoms with Crippen molar-refractivity contribution in [1.82, 2.24) is 5.43 Å². The molecule has 17 heavy (non-hydrogen) atoms. The molecule has 0 aliphatic rings. The van der Waals surface area contributed by atoms with Gasteiger partial charge in [0.25, 0.3) is 0 Å². The summed E-state index contributed by atoms with van der Waals surface area (Å²) in [5, 5.41) is 3.95. The van der Waals surface area contributed by atoms with Gasteiger partial charge in [-0.25, -0.2) is 4.79 Å². The molecule has 0 heterocycles. The van der Waals surface area contributed by atoms with Gasteiger partial charge in [0.1, 0.15) is 5.71 Å². The number of hydrogen-bond donors (Lipinski definition) is 1. The summed E-state index contributed by atoms with van der Waals surface area (Å²) in [5.74, 6) is -0.375. The summed E-state index contributed by atoms with van der Waals surface area (Å²) in [6, 6.07) is 10.1. The monoisotopic (exact) mass is 234 g/mol. The smallest absolute Gasteiger partial charge is 0.354 e. The van der Waals surface area contributed by atoms with Gasteiger partial charge in [-0.05, 0) is 25.8 Å². The number of benzene rings is 1. The number of carbonyl (C=O) groups excluding carboxylic acids is 1. The van der Waals surface area contributed by atoms with Crippen molar-refractivity contribution in [1.29, 1.82) is 0 Å². The Morgan fingerprint density at radius 1 is 1.35 bits per heavy atom. The van der Waals surface area contributed by atoms with Gasteiger partial charge in [-0.1, -0.05) is 30.3 Å². The average Bonchev–Trinajstić information content (AvgIpc) is 2.36. The first-order valence-electron chi connectivity index (χ1n) is 5.72. The van der Waals surface area contributed by atoms with Gasteiger partial charge in [0.15, 0.2) is 0 Å². The fraction of sp³-hybridized carbons (Fsp3) is 0.385. The molecule has 4 heteroatoms. The van der Waals surface area contributed by atoms with Gasteiger partial charge in [0.2, 0.25) is 0 Å². The van der Waals surface area contributed by atoms with Crippen molar-refractivity contribution in [3.8, 4) is 0 Å². The first kappa shape index (κ1) is 13.2. The SMILES string of the molecule is CCOC(=O)/C(C)=N/NCCc1ccccc1. The molecule has 1 rings (SSSR count). The zero-order valence-corrected chi connectivity index (χ0v) is 10.3. The highest BCUT2D eigenvalue weighted by molar-refractivity contribution is 6.35. The van der Waals surface area contributed by atoms with Gasteiger partial charge < -0.3 is 10.2 Å². The number of ether oxygens (including phenoxy) is 1. The van der Waals surface area contributed by atoms with E-state index in [0.717, 1.165) is 6.42 Å². The van der Waals surface area contributed by atoms with Crippen molar-refractivity contribution in [2.24, 2.45) is 5.10 Å². The van der Waals surface area contributed by atoms with E-state index in [4.69, 9.17) is 4.74 Å². The third-order valence-corrected chi connectivity index (χ3v) is 2.19. The molecular formula is C13H18N2O2. The molecule has 0 radical (unpaired) electrons. The van der Waals surface area contributed by atoms with Crippen LogP contribution in [0.2, 0.25) is 0 Å². The Morgan fingerprint density at radius 3 is 2.71 bits per heavy atom. The van der Waals surface area contributed by atoms with E-state index in [9.17, 15) is 4.79 Å². The minimum absolute atomic E-state index is 0.347. The highest BCUT2D eigenvalue weighted by Gasteiger charge is 2.05. The molecule has 0 spiro atoms. The van der Waals surface area contributed by atoms with Crippen molar-refractivity contribution >= 4 is 11.7 Å². The normalized spacial score (nSPS) is 11.1. The van der Waals surface area contributed by atoms with Crippen LogP contribution in [0.4, 0.5) is 0 Å². The van der Waals surface area contributed by atoms with Crippen molar-refractivity contribution < 1.29 is 9.53 Å². The summed E-state index contributed by atoms with van der Waals surface area (Å²) >= 11 is 0. The summed E-state index contributed by atoms with van der Waals surface area (Å²) in [7, 11) is 0. The Kier molecular flexibility index (Phi) is 5.79. The fourth-order valence-electron chi connectivity index (χ4n) is 1.30. The molecule has 0 saturated heterocycles. The molecule has 1 aromatic carbocycles. The molecule has 0 bridgehead atoms. The van der Waals surface area contributed by atoms with E-state index < -0.39 is 0 Å². The van der Waals surface area contributed by atoms with Gasteiger partial charge in [0.05, 0.1) is 6.61 Å². The maximum Gasteiger partial charge on any atom is 0.354 e. The zero-order chi connectivity index (χ0) is 12.5. The summed E-state index contributed by atoms with van der Waals surface area (Å²) in [6.45, 7) is 4.47. The van der Waals surface area contributed by atoms with Crippen LogP contribution in [0.15, 0.2) is 35.4 Å². The Bertz CT molecular complexity index is 374. The molecule has 1 N–H and O–H groups in total. The zero-order valence-electron chi connectivity index (χ0n) is 10.3. The fourth-order valence-corrected chi connectivity index (χ4v) is 1.30. The van der Waals surface area contributed by atoms with E-state index in [1.165, 1.54) is 5.56 Å². The van der Waals surface area contributed by atoms with E-state index in [1.54, 1.807) is 13.8 Å². The Hall–Kier alpha value is -1.84. The number of carbonyl (C=O) groups is 1. The van der Waals surface area contributed by atoms with Gasteiger partial charge in [-0.2, -0.15) is 5.10 Å². The van der Waals surface area contributed by atoms with Crippen molar-refractivity contribution in [3.05, 3.63) is 35.9 Å². The topological polar surface area (TPSA) is 50.7 Å². The number of hydrazone groups is 1. The van der Waals surface area contributed by atoms with E-state index in [0.29, 0.717) is 18.9 Å². The molecule has 0 saturated carbocycles. The molecule has 0 amide bonds. The lowest BCUT2D eigenvalue weighted by atomic mass is 10.2. The number of esters is 1.